The van der Waals surface area contributed by atoms with E-state index in [1.165, 1.54) is 16.3 Å². The summed E-state index contributed by atoms with van der Waals surface area (Å²) in [5.74, 6) is 0.856. The maximum atomic E-state index is 13.4. The molecule has 0 spiro atoms. The van der Waals surface area contributed by atoms with Crippen LogP contribution in [0.25, 0.3) is 22.4 Å². The van der Waals surface area contributed by atoms with E-state index >= 15 is 0 Å². The Kier molecular flexibility index (Phi) is 6.39. The number of nitrogens with one attached hydrogen (secondary N) is 1. The van der Waals surface area contributed by atoms with Crippen LogP contribution in [0.4, 0.5) is 5.82 Å². The first kappa shape index (κ1) is 23.5. The summed E-state index contributed by atoms with van der Waals surface area (Å²) in [4.78, 5) is 35.4. The van der Waals surface area contributed by atoms with Crippen molar-refractivity contribution < 1.29 is 4.79 Å². The first-order valence-corrected chi connectivity index (χ1v) is 12.4. The summed E-state index contributed by atoms with van der Waals surface area (Å²) in [5.41, 5.74) is 4.09. The number of aromatic nitrogens is 5. The molecular formula is C27H24N6O2S. The lowest BCUT2D eigenvalue weighted by molar-refractivity contribution is -0.113. The van der Waals surface area contributed by atoms with Crippen LogP contribution in [0.15, 0.2) is 82.9 Å². The molecule has 3 aromatic heterocycles. The summed E-state index contributed by atoms with van der Waals surface area (Å²) < 4.78 is 3.17. The number of carbonyl (C=O) groups excluding carboxylic acids is 1. The molecule has 0 bridgehead atoms. The van der Waals surface area contributed by atoms with Gasteiger partial charge in [0.1, 0.15) is 11.6 Å². The van der Waals surface area contributed by atoms with Gasteiger partial charge in [0.25, 0.3) is 5.56 Å². The van der Waals surface area contributed by atoms with Crippen molar-refractivity contribution in [3.05, 3.63) is 100 Å². The van der Waals surface area contributed by atoms with Gasteiger partial charge in [-0.05, 0) is 62.7 Å². The molecule has 0 saturated carbocycles. The lowest BCUT2D eigenvalue weighted by Gasteiger charge is -2.13. The van der Waals surface area contributed by atoms with Gasteiger partial charge in [-0.1, -0.05) is 41.6 Å². The molecule has 1 N–H and O–H groups in total. The Balaban J connectivity index is 1.44. The van der Waals surface area contributed by atoms with Gasteiger partial charge in [0.05, 0.1) is 28.0 Å². The highest BCUT2D eigenvalue weighted by Gasteiger charge is 2.17. The minimum Gasteiger partial charge on any atom is -0.310 e. The van der Waals surface area contributed by atoms with Crippen LogP contribution >= 0.6 is 11.8 Å². The maximum Gasteiger partial charge on any atom is 0.267 e. The lowest BCUT2D eigenvalue weighted by Crippen LogP contribution is -2.24. The molecule has 9 heteroatoms. The van der Waals surface area contributed by atoms with E-state index in [4.69, 9.17) is 0 Å². The van der Waals surface area contributed by atoms with Gasteiger partial charge in [-0.15, -0.1) is 0 Å². The standard InChI is InChI=1S/C27H24N6O2S/c1-17-8-10-20(11-9-17)33-24(15-19(3)31-33)30-25(34)16-36-27-29-22-7-5-4-6-21(22)26(35)32(27)23-14-18(2)12-13-28-23/h4-15H,16H2,1-3H3,(H,30,34). The summed E-state index contributed by atoms with van der Waals surface area (Å²) in [7, 11) is 0. The average molecular weight is 497 g/mol. The molecule has 0 aliphatic heterocycles. The highest BCUT2D eigenvalue weighted by molar-refractivity contribution is 7.99. The molecule has 3 heterocycles. The number of fused-ring (bicyclic) bond motifs is 1. The zero-order valence-corrected chi connectivity index (χ0v) is 20.9. The molecule has 1 amide bonds. The molecule has 0 aliphatic rings. The second-order valence-electron chi connectivity index (χ2n) is 8.50. The Bertz CT molecular complexity index is 1640. The molecule has 180 valence electrons. The number of amides is 1. The van der Waals surface area contributed by atoms with Gasteiger partial charge in [0.15, 0.2) is 5.16 Å². The van der Waals surface area contributed by atoms with Crippen LogP contribution < -0.4 is 10.9 Å². The fourth-order valence-electron chi connectivity index (χ4n) is 3.83. The Labute approximate surface area is 212 Å². The van der Waals surface area contributed by atoms with Gasteiger partial charge in [0, 0.05) is 12.3 Å². The van der Waals surface area contributed by atoms with Gasteiger partial charge in [-0.2, -0.15) is 5.10 Å². The molecule has 36 heavy (non-hydrogen) atoms. The number of nitrogens with zero attached hydrogens (tertiary/aromatic N) is 5. The number of thioether (sulfide) groups is 1. The fraction of sp³-hybridized carbons (Fsp3) is 0.148. The smallest absolute Gasteiger partial charge is 0.267 e. The SMILES string of the molecule is Cc1ccc(-n2nc(C)cc2NC(=O)CSc2nc3ccccc3c(=O)n2-c2cc(C)ccn2)cc1. The Morgan fingerprint density at radius 3 is 2.53 bits per heavy atom. The number of benzene rings is 2. The van der Waals surface area contributed by atoms with Gasteiger partial charge < -0.3 is 5.32 Å². The molecule has 0 unspecified atom stereocenters. The number of para-hydroxylation sites is 1. The highest BCUT2D eigenvalue weighted by atomic mass is 32.2. The van der Waals surface area contributed by atoms with E-state index in [0.717, 1.165) is 22.5 Å². The normalized spacial score (nSPS) is 11.1. The van der Waals surface area contributed by atoms with Gasteiger partial charge in [0.2, 0.25) is 5.91 Å². The monoisotopic (exact) mass is 496 g/mol. The first-order valence-electron chi connectivity index (χ1n) is 11.4. The molecular weight excluding hydrogens is 472 g/mol. The number of rotatable bonds is 6. The van der Waals surface area contributed by atoms with Crippen LogP contribution in [0.5, 0.6) is 0 Å². The fourth-order valence-corrected chi connectivity index (χ4v) is 4.63. The summed E-state index contributed by atoms with van der Waals surface area (Å²) >= 11 is 1.18. The van der Waals surface area contributed by atoms with Crippen LogP contribution in [-0.4, -0.2) is 36.0 Å². The molecule has 5 rings (SSSR count). The zero-order valence-electron chi connectivity index (χ0n) is 20.1. The average Bonchev–Trinajstić information content (AvgIpc) is 3.23. The number of hydrogen-bond acceptors (Lipinski definition) is 6. The van der Waals surface area contributed by atoms with Crippen molar-refractivity contribution in [3.8, 4) is 11.5 Å². The molecule has 0 saturated heterocycles. The van der Waals surface area contributed by atoms with Crippen molar-refractivity contribution in [2.75, 3.05) is 11.1 Å². The summed E-state index contributed by atoms with van der Waals surface area (Å²) in [6.07, 6.45) is 1.65. The first-order chi connectivity index (χ1) is 17.4. The van der Waals surface area contributed by atoms with E-state index in [-0.39, 0.29) is 17.2 Å². The van der Waals surface area contributed by atoms with Gasteiger partial charge >= 0.3 is 0 Å². The Morgan fingerprint density at radius 1 is 0.972 bits per heavy atom. The van der Waals surface area contributed by atoms with Crippen molar-refractivity contribution in [1.82, 2.24) is 24.3 Å². The van der Waals surface area contributed by atoms with Crippen molar-refractivity contribution in [2.45, 2.75) is 25.9 Å². The minimum absolute atomic E-state index is 0.0503. The zero-order chi connectivity index (χ0) is 25.2. The molecule has 8 nitrogen and oxygen atoms in total. The van der Waals surface area contributed by atoms with Crippen molar-refractivity contribution in [1.29, 1.82) is 0 Å². The molecule has 2 aromatic carbocycles. The van der Waals surface area contributed by atoms with E-state index in [0.29, 0.717) is 27.7 Å². The Hall–Kier alpha value is -4.24. The molecule has 0 radical (unpaired) electrons. The van der Waals surface area contributed by atoms with Crippen LogP contribution in [0, 0.1) is 20.8 Å². The molecule has 0 aliphatic carbocycles. The minimum atomic E-state index is -0.237. The number of carbonyl (C=O) groups is 1. The third-order valence-electron chi connectivity index (χ3n) is 5.58. The number of pyridine rings is 1. The van der Waals surface area contributed by atoms with Crippen molar-refractivity contribution in [2.24, 2.45) is 0 Å². The second kappa shape index (κ2) is 9.79. The third kappa shape index (κ3) is 4.78. The molecule has 5 aromatic rings. The quantitative estimate of drug-likeness (QED) is 0.272. The Morgan fingerprint density at radius 2 is 1.75 bits per heavy atom. The van der Waals surface area contributed by atoms with E-state index < -0.39 is 0 Å². The second-order valence-corrected chi connectivity index (χ2v) is 9.44. The number of anilines is 1. The number of aryl methyl sites for hydroxylation is 3. The van der Waals surface area contributed by atoms with Gasteiger partial charge in [-0.25, -0.2) is 19.2 Å². The van der Waals surface area contributed by atoms with Crippen LogP contribution in [-0.2, 0) is 4.79 Å². The summed E-state index contributed by atoms with van der Waals surface area (Å²) in [6.45, 7) is 5.83. The lowest BCUT2D eigenvalue weighted by atomic mass is 10.2. The van der Waals surface area contributed by atoms with Crippen molar-refractivity contribution in [3.63, 3.8) is 0 Å². The third-order valence-corrected chi connectivity index (χ3v) is 6.52. The van der Waals surface area contributed by atoms with Crippen LogP contribution in [0.2, 0.25) is 0 Å². The summed E-state index contributed by atoms with van der Waals surface area (Å²) in [6, 6.07) is 20.6. The van der Waals surface area contributed by atoms with E-state index in [2.05, 4.69) is 20.4 Å². The maximum absolute atomic E-state index is 13.4. The van der Waals surface area contributed by atoms with E-state index in [1.807, 2.05) is 69.3 Å². The van der Waals surface area contributed by atoms with E-state index in [9.17, 15) is 9.59 Å². The molecule has 0 atom stereocenters. The van der Waals surface area contributed by atoms with E-state index in [1.54, 1.807) is 29.1 Å². The number of hydrogen-bond donors (Lipinski definition) is 1. The van der Waals surface area contributed by atoms with Crippen LogP contribution in [0.3, 0.4) is 0 Å². The predicted octanol–water partition coefficient (Wildman–Crippen LogP) is 4.62. The highest BCUT2D eigenvalue weighted by Crippen LogP contribution is 2.22. The van der Waals surface area contributed by atoms with Crippen molar-refractivity contribution >= 4 is 34.4 Å². The van der Waals surface area contributed by atoms with Crippen LogP contribution in [0.1, 0.15) is 16.8 Å². The molecule has 0 fully saturated rings. The van der Waals surface area contributed by atoms with Gasteiger partial charge in [-0.3, -0.25) is 9.59 Å². The predicted molar refractivity (Wildman–Crippen MR) is 142 cm³/mol. The summed E-state index contributed by atoms with van der Waals surface area (Å²) in [5, 5.41) is 8.35. The largest absolute Gasteiger partial charge is 0.310 e. The topological polar surface area (TPSA) is 94.7 Å².